The van der Waals surface area contributed by atoms with Gasteiger partial charge in [0.25, 0.3) is 15.9 Å². The molecule has 172 valence electrons. The summed E-state index contributed by atoms with van der Waals surface area (Å²) in [7, 11) is -3.85. The number of benzene rings is 4. The molecule has 1 amide bonds. The summed E-state index contributed by atoms with van der Waals surface area (Å²) >= 11 is 0. The van der Waals surface area contributed by atoms with Crippen LogP contribution >= 0.6 is 0 Å². The van der Waals surface area contributed by atoms with Crippen molar-refractivity contribution in [2.24, 2.45) is 0 Å². The van der Waals surface area contributed by atoms with Crippen LogP contribution in [-0.4, -0.2) is 20.9 Å². The lowest BCUT2D eigenvalue weighted by Crippen LogP contribution is -2.31. The summed E-state index contributed by atoms with van der Waals surface area (Å²) in [5.74, 6) is -0.241. The molecule has 0 unspecified atom stereocenters. The fourth-order valence-corrected chi connectivity index (χ4v) is 5.12. The van der Waals surface area contributed by atoms with Gasteiger partial charge in [0.05, 0.1) is 17.1 Å². The Labute approximate surface area is 200 Å². The summed E-state index contributed by atoms with van der Waals surface area (Å²) in [4.78, 5) is 13.0. The van der Waals surface area contributed by atoms with Crippen molar-refractivity contribution >= 4 is 21.6 Å². The van der Waals surface area contributed by atoms with Gasteiger partial charge in [0.2, 0.25) is 0 Å². The van der Waals surface area contributed by atoms with Crippen LogP contribution in [0.15, 0.2) is 120 Å². The highest BCUT2D eigenvalue weighted by Crippen LogP contribution is 2.27. The van der Waals surface area contributed by atoms with Gasteiger partial charge in [0.1, 0.15) is 0 Å². The van der Waals surface area contributed by atoms with Crippen molar-refractivity contribution in [3.63, 3.8) is 0 Å². The zero-order valence-corrected chi connectivity index (χ0v) is 19.5. The number of nitrogens with zero attached hydrogens (tertiary/aromatic N) is 1. The average Bonchev–Trinajstić information content (AvgIpc) is 2.89. The molecule has 34 heavy (non-hydrogen) atoms. The maximum absolute atomic E-state index is 13.6. The van der Waals surface area contributed by atoms with E-state index in [0.717, 1.165) is 17.5 Å². The molecule has 0 aliphatic rings. The first-order valence-corrected chi connectivity index (χ1v) is 12.5. The van der Waals surface area contributed by atoms with E-state index in [4.69, 9.17) is 0 Å². The van der Waals surface area contributed by atoms with Crippen molar-refractivity contribution in [3.8, 4) is 0 Å². The van der Waals surface area contributed by atoms with E-state index in [-0.39, 0.29) is 17.3 Å². The van der Waals surface area contributed by atoms with Crippen molar-refractivity contribution in [1.82, 2.24) is 5.32 Å². The first kappa shape index (κ1) is 23.3. The molecule has 0 aliphatic carbocycles. The predicted octanol–water partition coefficient (Wildman–Crippen LogP) is 5.05. The van der Waals surface area contributed by atoms with Crippen molar-refractivity contribution in [1.29, 1.82) is 0 Å². The van der Waals surface area contributed by atoms with Crippen LogP contribution in [0.1, 0.15) is 21.5 Å². The largest absolute Gasteiger partial charge is 0.352 e. The molecule has 1 N–H and O–H groups in total. The number of hydrogen-bond donors (Lipinski definition) is 1. The van der Waals surface area contributed by atoms with Gasteiger partial charge in [-0.2, -0.15) is 0 Å². The van der Waals surface area contributed by atoms with E-state index < -0.39 is 10.0 Å². The molecule has 0 heterocycles. The third-order valence-electron chi connectivity index (χ3n) is 5.44. The number of nitrogens with one attached hydrogen (secondary N) is 1. The van der Waals surface area contributed by atoms with Gasteiger partial charge in [-0.3, -0.25) is 9.10 Å². The van der Waals surface area contributed by atoms with Crippen LogP contribution in [-0.2, 0) is 23.0 Å². The quantitative estimate of drug-likeness (QED) is 0.372. The van der Waals surface area contributed by atoms with Crippen LogP contribution in [0.5, 0.6) is 0 Å². The topological polar surface area (TPSA) is 66.5 Å². The zero-order valence-electron chi connectivity index (χ0n) is 18.7. The van der Waals surface area contributed by atoms with E-state index in [1.165, 1.54) is 4.31 Å². The van der Waals surface area contributed by atoms with Crippen molar-refractivity contribution in [2.45, 2.75) is 17.9 Å². The molecule has 4 aromatic rings. The Morgan fingerprint density at radius 1 is 0.706 bits per heavy atom. The third-order valence-corrected chi connectivity index (χ3v) is 7.23. The van der Waals surface area contributed by atoms with E-state index in [9.17, 15) is 13.2 Å². The highest BCUT2D eigenvalue weighted by Gasteiger charge is 2.25. The number of sulfonamides is 1. The Hall–Kier alpha value is -3.90. The fourth-order valence-electron chi connectivity index (χ4n) is 3.65. The summed E-state index contributed by atoms with van der Waals surface area (Å²) in [6.07, 6.45) is 0.717. The van der Waals surface area contributed by atoms with E-state index in [1.807, 2.05) is 60.7 Å². The summed E-state index contributed by atoms with van der Waals surface area (Å²) in [6, 6.07) is 34.4. The molecule has 4 aromatic carbocycles. The molecule has 0 aromatic heterocycles. The molecule has 5 nitrogen and oxygen atoms in total. The van der Waals surface area contributed by atoms with Crippen LogP contribution in [0, 0.1) is 0 Å². The number of carbonyl (C=O) groups excluding carboxylic acids is 1. The SMILES string of the molecule is O=C(NCCc1ccccc1)c1cccc(N(Cc2ccccc2)S(=O)(=O)c2ccccc2)c1. The smallest absolute Gasteiger partial charge is 0.264 e. The number of amides is 1. The molecule has 0 atom stereocenters. The van der Waals surface area contributed by atoms with E-state index in [1.54, 1.807) is 54.6 Å². The predicted molar refractivity (Wildman–Crippen MR) is 135 cm³/mol. The van der Waals surface area contributed by atoms with Crippen LogP contribution in [0.2, 0.25) is 0 Å². The van der Waals surface area contributed by atoms with Crippen molar-refractivity contribution in [3.05, 3.63) is 132 Å². The van der Waals surface area contributed by atoms with Gasteiger partial charge >= 0.3 is 0 Å². The minimum absolute atomic E-state index is 0.150. The molecular weight excluding hydrogens is 444 g/mol. The second-order valence-corrected chi connectivity index (χ2v) is 9.71. The van der Waals surface area contributed by atoms with Gasteiger partial charge in [-0.25, -0.2) is 8.42 Å². The lowest BCUT2D eigenvalue weighted by Gasteiger charge is -2.25. The monoisotopic (exact) mass is 470 g/mol. The second-order valence-electron chi connectivity index (χ2n) is 7.85. The minimum Gasteiger partial charge on any atom is -0.352 e. The normalized spacial score (nSPS) is 11.1. The summed E-state index contributed by atoms with van der Waals surface area (Å²) in [5, 5.41) is 2.93. The Morgan fingerprint density at radius 3 is 1.94 bits per heavy atom. The van der Waals surface area contributed by atoms with E-state index >= 15 is 0 Å². The Morgan fingerprint density at radius 2 is 1.29 bits per heavy atom. The molecule has 0 saturated heterocycles. The standard InChI is InChI=1S/C28H26N2O3S/c31-28(29-20-19-23-11-4-1-5-12-23)25-15-10-16-26(21-25)30(22-24-13-6-2-7-14-24)34(32,33)27-17-8-3-9-18-27/h1-18,21H,19-20,22H2,(H,29,31). The van der Waals surface area contributed by atoms with Gasteiger partial charge in [-0.1, -0.05) is 84.9 Å². The summed E-state index contributed by atoms with van der Waals surface area (Å²) in [6.45, 7) is 0.639. The number of hydrogen-bond acceptors (Lipinski definition) is 3. The van der Waals surface area contributed by atoms with Gasteiger partial charge in [0.15, 0.2) is 0 Å². The highest BCUT2D eigenvalue weighted by molar-refractivity contribution is 7.92. The molecule has 0 saturated carbocycles. The lowest BCUT2D eigenvalue weighted by molar-refractivity contribution is 0.0954. The molecule has 0 radical (unpaired) electrons. The first-order chi connectivity index (χ1) is 16.5. The van der Waals surface area contributed by atoms with E-state index in [0.29, 0.717) is 17.8 Å². The van der Waals surface area contributed by atoms with Crippen LogP contribution in [0.25, 0.3) is 0 Å². The average molecular weight is 471 g/mol. The maximum atomic E-state index is 13.6. The third kappa shape index (κ3) is 5.71. The molecule has 0 fully saturated rings. The lowest BCUT2D eigenvalue weighted by atomic mass is 10.1. The van der Waals surface area contributed by atoms with Gasteiger partial charge in [0, 0.05) is 12.1 Å². The molecule has 0 spiro atoms. The molecule has 4 rings (SSSR count). The maximum Gasteiger partial charge on any atom is 0.264 e. The Balaban J connectivity index is 1.59. The minimum atomic E-state index is -3.85. The molecule has 0 aliphatic heterocycles. The van der Waals surface area contributed by atoms with Gasteiger partial charge in [-0.15, -0.1) is 0 Å². The number of rotatable bonds is 9. The van der Waals surface area contributed by atoms with Crippen LogP contribution in [0.3, 0.4) is 0 Å². The number of carbonyl (C=O) groups is 1. The fraction of sp³-hybridized carbons (Fsp3) is 0.107. The molecule has 0 bridgehead atoms. The van der Waals surface area contributed by atoms with Crippen molar-refractivity contribution in [2.75, 3.05) is 10.8 Å². The summed E-state index contributed by atoms with van der Waals surface area (Å²) in [5.41, 5.74) is 2.83. The first-order valence-electron chi connectivity index (χ1n) is 11.1. The molecule has 6 heteroatoms. The van der Waals surface area contributed by atoms with Gasteiger partial charge < -0.3 is 5.32 Å². The highest BCUT2D eigenvalue weighted by atomic mass is 32.2. The number of anilines is 1. The summed E-state index contributed by atoms with van der Waals surface area (Å²) < 4.78 is 28.5. The Kier molecular flexibility index (Phi) is 7.40. The second kappa shape index (κ2) is 10.8. The van der Waals surface area contributed by atoms with Gasteiger partial charge in [-0.05, 0) is 47.9 Å². The van der Waals surface area contributed by atoms with Crippen LogP contribution < -0.4 is 9.62 Å². The zero-order chi connectivity index (χ0) is 23.8. The van der Waals surface area contributed by atoms with Crippen LogP contribution in [0.4, 0.5) is 5.69 Å². The molecular formula is C28H26N2O3S. The van der Waals surface area contributed by atoms with Crippen molar-refractivity contribution < 1.29 is 13.2 Å². The van der Waals surface area contributed by atoms with E-state index in [2.05, 4.69) is 5.32 Å². The Bertz CT molecular complexity index is 1330.